The van der Waals surface area contributed by atoms with E-state index in [2.05, 4.69) is 6.26 Å². The molecule has 0 atom stereocenters. The summed E-state index contributed by atoms with van der Waals surface area (Å²) in [5.41, 5.74) is 0.682. The van der Waals surface area contributed by atoms with Crippen LogP contribution in [0.3, 0.4) is 0 Å². The molecule has 0 bridgehead atoms. The summed E-state index contributed by atoms with van der Waals surface area (Å²) in [4.78, 5) is 0. The second kappa shape index (κ2) is 2.66. The van der Waals surface area contributed by atoms with E-state index in [0.29, 0.717) is 16.5 Å². The van der Waals surface area contributed by atoms with Crippen LogP contribution in [-0.2, 0) is 0 Å². The number of nitriles is 2. The molecule has 2 aromatic rings. The molecule has 3 heteroatoms. The molecule has 1 aromatic carbocycles. The monoisotopic (exact) mass is 167 g/mol. The van der Waals surface area contributed by atoms with Crippen molar-refractivity contribution >= 4 is 10.8 Å². The number of benzene rings is 1. The summed E-state index contributed by atoms with van der Waals surface area (Å²) in [5, 5.41) is 18.9. The van der Waals surface area contributed by atoms with Gasteiger partial charge in [-0.05, 0) is 12.1 Å². The smallest absolute Gasteiger partial charge is 0.179 e. The maximum absolute atomic E-state index is 8.80. The Balaban J connectivity index is 2.94. The van der Waals surface area contributed by atoms with Gasteiger partial charge in [0.15, 0.2) is 6.26 Å². The van der Waals surface area contributed by atoms with Gasteiger partial charge in [-0.1, -0.05) is 0 Å². The first kappa shape index (κ1) is 7.39. The Morgan fingerprint density at radius 1 is 1.23 bits per heavy atom. The lowest BCUT2D eigenvalue weighted by molar-refractivity contribution is 0.563. The van der Waals surface area contributed by atoms with Crippen LogP contribution in [-0.4, -0.2) is 0 Å². The van der Waals surface area contributed by atoms with E-state index in [0.717, 1.165) is 5.39 Å². The summed E-state index contributed by atoms with van der Waals surface area (Å²) in [7, 11) is 0. The van der Waals surface area contributed by atoms with Crippen molar-refractivity contribution in [3.63, 3.8) is 0 Å². The highest BCUT2D eigenvalue weighted by atomic mass is 16.3. The minimum absolute atomic E-state index is 0.328. The summed E-state index contributed by atoms with van der Waals surface area (Å²) in [6.07, 6.45) is 4.06. The van der Waals surface area contributed by atoms with Crippen molar-refractivity contribution < 1.29 is 4.42 Å². The number of rotatable bonds is 0. The molecule has 0 fully saturated rings. The largest absolute Gasteiger partial charge is 0.460 e. The number of hydrogen-bond donors (Lipinski definition) is 0. The van der Waals surface area contributed by atoms with Crippen molar-refractivity contribution in [2.24, 2.45) is 0 Å². The summed E-state index contributed by atoms with van der Waals surface area (Å²) in [6, 6.07) is 7.24. The quantitative estimate of drug-likeness (QED) is 0.602. The molecule has 1 aromatic heterocycles. The molecule has 0 aliphatic carbocycles. The van der Waals surface area contributed by atoms with Crippen molar-refractivity contribution in [2.75, 3.05) is 0 Å². The average molecular weight is 167 g/mol. The Morgan fingerprint density at radius 2 is 2.08 bits per heavy atom. The molecule has 59 valence electrons. The number of furan rings is 1. The molecule has 0 N–H and O–H groups in total. The van der Waals surface area contributed by atoms with Crippen LogP contribution in [0.5, 0.6) is 0 Å². The first-order valence-corrected chi connectivity index (χ1v) is 3.59. The molecule has 0 amide bonds. The van der Waals surface area contributed by atoms with Crippen LogP contribution in [0.25, 0.3) is 10.8 Å². The molecule has 0 saturated carbocycles. The van der Waals surface area contributed by atoms with Gasteiger partial charge < -0.3 is 4.42 Å². The van der Waals surface area contributed by atoms with Crippen molar-refractivity contribution in [2.45, 2.75) is 0 Å². The molecule has 0 saturated heterocycles. The molecular weight excluding hydrogens is 164 g/mol. The van der Waals surface area contributed by atoms with Crippen LogP contribution in [0.4, 0.5) is 0 Å². The van der Waals surface area contributed by atoms with Crippen LogP contribution in [0.15, 0.2) is 22.8 Å². The summed E-state index contributed by atoms with van der Waals surface area (Å²) in [5.74, 6) is 0. The molecule has 2 rings (SSSR count). The maximum atomic E-state index is 8.80. The molecule has 13 heavy (non-hydrogen) atoms. The van der Waals surface area contributed by atoms with E-state index >= 15 is 0 Å². The molecule has 1 heterocycles. The molecule has 0 unspecified atom stereocenters. The predicted octanol–water partition coefficient (Wildman–Crippen LogP) is 1.98. The van der Waals surface area contributed by atoms with Gasteiger partial charge in [-0.2, -0.15) is 10.5 Å². The highest BCUT2D eigenvalue weighted by Crippen LogP contribution is 2.21. The summed E-state index contributed by atoms with van der Waals surface area (Å²) < 4.78 is 4.82. The zero-order valence-electron chi connectivity index (χ0n) is 6.53. The third-order valence-electron chi connectivity index (χ3n) is 1.82. The minimum atomic E-state index is 0.328. The van der Waals surface area contributed by atoms with Crippen LogP contribution < -0.4 is 0 Å². The Labute approximate surface area is 74.4 Å². The fourth-order valence-corrected chi connectivity index (χ4v) is 1.19. The highest BCUT2D eigenvalue weighted by Gasteiger charge is 2.08. The van der Waals surface area contributed by atoms with Gasteiger partial charge >= 0.3 is 0 Å². The number of fused-ring (bicyclic) bond motifs is 1. The average Bonchev–Trinajstić information content (AvgIpc) is 2.63. The van der Waals surface area contributed by atoms with Crippen LogP contribution in [0.2, 0.25) is 0 Å². The summed E-state index contributed by atoms with van der Waals surface area (Å²) in [6.45, 7) is 0. The lowest BCUT2D eigenvalue weighted by Crippen LogP contribution is -1.83. The van der Waals surface area contributed by atoms with Gasteiger partial charge in [0, 0.05) is 5.39 Å². The normalized spacial score (nSPS) is 9.38. The van der Waals surface area contributed by atoms with Gasteiger partial charge in [0.1, 0.15) is 12.1 Å². The van der Waals surface area contributed by atoms with Crippen molar-refractivity contribution in [3.8, 4) is 12.1 Å². The highest BCUT2D eigenvalue weighted by molar-refractivity contribution is 5.88. The molecule has 0 aliphatic rings. The van der Waals surface area contributed by atoms with E-state index in [1.54, 1.807) is 12.1 Å². The second-order valence-electron chi connectivity index (χ2n) is 2.51. The minimum Gasteiger partial charge on any atom is -0.460 e. The van der Waals surface area contributed by atoms with Gasteiger partial charge in [0.25, 0.3) is 0 Å². The van der Waals surface area contributed by atoms with Crippen molar-refractivity contribution in [1.29, 1.82) is 10.5 Å². The standard InChI is InChI=1S/C10H3N2O/c11-3-7-1-2-8-5-13-6-10(8)9(7)4-12/h1-2,5H. The lowest BCUT2D eigenvalue weighted by Gasteiger charge is -1.93. The van der Waals surface area contributed by atoms with Gasteiger partial charge in [-0.15, -0.1) is 0 Å². The zero-order chi connectivity index (χ0) is 9.26. The Kier molecular flexibility index (Phi) is 1.51. The van der Waals surface area contributed by atoms with E-state index in [1.165, 1.54) is 6.26 Å². The Morgan fingerprint density at radius 3 is 2.77 bits per heavy atom. The predicted molar refractivity (Wildman–Crippen MR) is 44.5 cm³/mol. The molecule has 0 spiro atoms. The Hall–Kier alpha value is -2.26. The third-order valence-corrected chi connectivity index (χ3v) is 1.82. The van der Waals surface area contributed by atoms with Gasteiger partial charge in [-0.3, -0.25) is 0 Å². The molecular formula is C10H3N2O. The first-order chi connectivity index (χ1) is 6.36. The van der Waals surface area contributed by atoms with Gasteiger partial charge in [0.2, 0.25) is 0 Å². The van der Waals surface area contributed by atoms with E-state index in [1.807, 2.05) is 12.1 Å². The van der Waals surface area contributed by atoms with Crippen molar-refractivity contribution in [1.82, 2.24) is 0 Å². The van der Waals surface area contributed by atoms with Gasteiger partial charge in [-0.25, -0.2) is 0 Å². The SMILES string of the molecule is N#Cc1ccc2co[c]c2c1C#N. The van der Waals surface area contributed by atoms with Gasteiger partial charge in [0.05, 0.1) is 22.8 Å². The Bertz CT molecular complexity index is 540. The van der Waals surface area contributed by atoms with E-state index < -0.39 is 0 Å². The lowest BCUT2D eigenvalue weighted by atomic mass is 10.0. The zero-order valence-corrected chi connectivity index (χ0v) is 6.53. The fraction of sp³-hybridized carbons (Fsp3) is 0. The summed E-state index contributed by atoms with van der Waals surface area (Å²) >= 11 is 0. The van der Waals surface area contributed by atoms with E-state index in [4.69, 9.17) is 14.9 Å². The van der Waals surface area contributed by atoms with E-state index in [-0.39, 0.29) is 0 Å². The molecule has 1 radical (unpaired) electrons. The maximum Gasteiger partial charge on any atom is 0.179 e. The van der Waals surface area contributed by atoms with Crippen LogP contribution in [0, 0.1) is 28.9 Å². The fourth-order valence-electron chi connectivity index (χ4n) is 1.19. The third kappa shape index (κ3) is 0.953. The number of hydrogen-bond acceptors (Lipinski definition) is 3. The van der Waals surface area contributed by atoms with Crippen molar-refractivity contribution in [3.05, 3.63) is 35.8 Å². The first-order valence-electron chi connectivity index (χ1n) is 3.59. The van der Waals surface area contributed by atoms with Crippen LogP contribution in [0.1, 0.15) is 11.1 Å². The van der Waals surface area contributed by atoms with E-state index in [9.17, 15) is 0 Å². The molecule has 3 nitrogen and oxygen atoms in total. The second-order valence-corrected chi connectivity index (χ2v) is 2.51. The molecule has 0 aliphatic heterocycles. The topological polar surface area (TPSA) is 60.7 Å². The number of nitrogens with zero attached hydrogens (tertiary/aromatic N) is 2. The van der Waals surface area contributed by atoms with Crippen LogP contribution >= 0.6 is 0 Å².